The number of pyridine rings is 1. The highest BCUT2D eigenvalue weighted by Crippen LogP contribution is 2.29. The van der Waals surface area contributed by atoms with E-state index < -0.39 is 5.97 Å². The third-order valence-corrected chi connectivity index (χ3v) is 3.19. The molecule has 0 unspecified atom stereocenters. The molecule has 1 fully saturated rings. The predicted octanol–water partition coefficient (Wildman–Crippen LogP) is 1.65. The molecule has 0 radical (unpaired) electrons. The molecule has 2 heterocycles. The van der Waals surface area contributed by atoms with Gasteiger partial charge in [-0.3, -0.25) is 4.79 Å². The van der Waals surface area contributed by atoms with Gasteiger partial charge in [-0.2, -0.15) is 0 Å². The van der Waals surface area contributed by atoms with Crippen LogP contribution in [-0.2, 0) is 0 Å². The van der Waals surface area contributed by atoms with Crippen LogP contribution in [0.2, 0.25) is 0 Å². The number of carbonyl (C=O) groups is 2. The van der Waals surface area contributed by atoms with Gasteiger partial charge in [-0.05, 0) is 24.0 Å². The molecule has 0 bridgehead atoms. The van der Waals surface area contributed by atoms with E-state index in [4.69, 9.17) is 5.11 Å². The number of amides is 1. The Labute approximate surface area is 105 Å². The Morgan fingerprint density at radius 1 is 1.39 bits per heavy atom. The first kappa shape index (κ1) is 12.5. The Balaban J connectivity index is 2.12. The number of hydrogen-bond acceptors (Lipinski definition) is 3. The van der Waals surface area contributed by atoms with Gasteiger partial charge in [-0.15, -0.1) is 0 Å². The van der Waals surface area contributed by atoms with Crippen LogP contribution in [-0.4, -0.2) is 40.0 Å². The molecule has 0 atom stereocenters. The van der Waals surface area contributed by atoms with Gasteiger partial charge in [0.15, 0.2) is 0 Å². The number of nitrogens with zero attached hydrogens (tertiary/aromatic N) is 2. The summed E-state index contributed by atoms with van der Waals surface area (Å²) in [7, 11) is 0. The molecule has 5 heteroatoms. The van der Waals surface area contributed by atoms with Crippen LogP contribution in [0.15, 0.2) is 18.3 Å². The highest BCUT2D eigenvalue weighted by Gasteiger charge is 2.32. The lowest BCUT2D eigenvalue weighted by atomic mass is 9.93. The zero-order valence-corrected chi connectivity index (χ0v) is 10.5. The number of carbonyl (C=O) groups excluding carboxylic acids is 1. The van der Waals surface area contributed by atoms with Gasteiger partial charge in [-0.25, -0.2) is 9.78 Å². The largest absolute Gasteiger partial charge is 0.477 e. The number of aromatic nitrogens is 1. The van der Waals surface area contributed by atoms with Crippen molar-refractivity contribution in [2.24, 2.45) is 5.41 Å². The molecule has 0 aromatic carbocycles. The van der Waals surface area contributed by atoms with Crippen LogP contribution < -0.4 is 0 Å². The van der Waals surface area contributed by atoms with Gasteiger partial charge in [0, 0.05) is 19.3 Å². The first-order chi connectivity index (χ1) is 8.39. The van der Waals surface area contributed by atoms with Crippen molar-refractivity contribution in [2.45, 2.75) is 20.3 Å². The SMILES string of the molecule is CC1(C)CCN(C(=O)c2ccc(C(=O)O)nc2)C1. The van der Waals surface area contributed by atoms with Gasteiger partial charge < -0.3 is 10.0 Å². The lowest BCUT2D eigenvalue weighted by molar-refractivity contribution is 0.0688. The maximum Gasteiger partial charge on any atom is 0.354 e. The quantitative estimate of drug-likeness (QED) is 0.864. The molecule has 18 heavy (non-hydrogen) atoms. The summed E-state index contributed by atoms with van der Waals surface area (Å²) < 4.78 is 0. The van der Waals surface area contributed by atoms with Crippen LogP contribution in [0.25, 0.3) is 0 Å². The summed E-state index contributed by atoms with van der Waals surface area (Å²) in [6.45, 7) is 5.73. The summed E-state index contributed by atoms with van der Waals surface area (Å²) in [5.41, 5.74) is 0.551. The first-order valence-electron chi connectivity index (χ1n) is 5.88. The lowest BCUT2D eigenvalue weighted by Crippen LogP contribution is -2.30. The maximum atomic E-state index is 12.2. The normalized spacial score (nSPS) is 17.8. The summed E-state index contributed by atoms with van der Waals surface area (Å²) in [6.07, 6.45) is 2.32. The summed E-state index contributed by atoms with van der Waals surface area (Å²) in [4.78, 5) is 28.4. The fourth-order valence-corrected chi connectivity index (χ4v) is 2.12. The topological polar surface area (TPSA) is 70.5 Å². The van der Waals surface area contributed by atoms with Crippen molar-refractivity contribution in [3.63, 3.8) is 0 Å². The van der Waals surface area contributed by atoms with E-state index in [1.54, 1.807) is 4.90 Å². The highest BCUT2D eigenvalue weighted by atomic mass is 16.4. The molecule has 1 N–H and O–H groups in total. The molecule has 96 valence electrons. The Kier molecular flexibility index (Phi) is 3.07. The third-order valence-electron chi connectivity index (χ3n) is 3.19. The molecule has 0 spiro atoms. The Morgan fingerprint density at radius 2 is 2.11 bits per heavy atom. The van der Waals surface area contributed by atoms with Crippen molar-refractivity contribution in [3.05, 3.63) is 29.6 Å². The molecule has 0 saturated carbocycles. The van der Waals surface area contributed by atoms with Crippen molar-refractivity contribution in [1.29, 1.82) is 0 Å². The zero-order chi connectivity index (χ0) is 13.3. The van der Waals surface area contributed by atoms with Gasteiger partial charge in [0.05, 0.1) is 5.56 Å². The minimum Gasteiger partial charge on any atom is -0.477 e. The minimum absolute atomic E-state index is 0.0479. The van der Waals surface area contributed by atoms with Crippen molar-refractivity contribution in [3.8, 4) is 0 Å². The van der Waals surface area contributed by atoms with Crippen molar-refractivity contribution in [1.82, 2.24) is 9.88 Å². The van der Waals surface area contributed by atoms with E-state index in [9.17, 15) is 9.59 Å². The van der Waals surface area contributed by atoms with E-state index in [-0.39, 0.29) is 17.0 Å². The smallest absolute Gasteiger partial charge is 0.354 e. The van der Waals surface area contributed by atoms with Crippen LogP contribution in [0.1, 0.15) is 41.1 Å². The number of aromatic carboxylic acids is 1. The van der Waals surface area contributed by atoms with Crippen LogP contribution in [0.4, 0.5) is 0 Å². The lowest BCUT2D eigenvalue weighted by Gasteiger charge is -2.19. The molecule has 1 aliphatic heterocycles. The van der Waals surface area contributed by atoms with Crippen molar-refractivity contribution < 1.29 is 14.7 Å². The molecular weight excluding hydrogens is 232 g/mol. The molecule has 2 rings (SSSR count). The van der Waals surface area contributed by atoms with Crippen LogP contribution in [0.5, 0.6) is 0 Å². The summed E-state index contributed by atoms with van der Waals surface area (Å²) in [5, 5.41) is 8.74. The maximum absolute atomic E-state index is 12.2. The Bertz CT molecular complexity index is 480. The predicted molar refractivity (Wildman–Crippen MR) is 65.5 cm³/mol. The molecule has 0 aliphatic carbocycles. The third kappa shape index (κ3) is 2.50. The molecule has 5 nitrogen and oxygen atoms in total. The first-order valence-corrected chi connectivity index (χ1v) is 5.88. The average molecular weight is 248 g/mol. The fraction of sp³-hybridized carbons (Fsp3) is 0.462. The van der Waals surface area contributed by atoms with E-state index >= 15 is 0 Å². The number of likely N-dealkylation sites (tertiary alicyclic amines) is 1. The minimum atomic E-state index is -1.09. The number of hydrogen-bond donors (Lipinski definition) is 1. The van der Waals surface area contributed by atoms with Crippen molar-refractivity contribution >= 4 is 11.9 Å². The second-order valence-corrected chi connectivity index (χ2v) is 5.38. The second-order valence-electron chi connectivity index (χ2n) is 5.38. The Hall–Kier alpha value is -1.91. The Morgan fingerprint density at radius 3 is 2.56 bits per heavy atom. The molecule has 1 aromatic heterocycles. The molecule has 1 amide bonds. The van der Waals surface area contributed by atoms with Gasteiger partial charge in [0.25, 0.3) is 5.91 Å². The monoisotopic (exact) mass is 248 g/mol. The van der Waals surface area contributed by atoms with Gasteiger partial charge in [-0.1, -0.05) is 13.8 Å². The van der Waals surface area contributed by atoms with Gasteiger partial charge >= 0.3 is 5.97 Å². The fourth-order valence-electron chi connectivity index (χ4n) is 2.12. The van der Waals surface area contributed by atoms with Crippen LogP contribution in [0.3, 0.4) is 0 Å². The van der Waals surface area contributed by atoms with Gasteiger partial charge in [0.2, 0.25) is 0 Å². The highest BCUT2D eigenvalue weighted by molar-refractivity contribution is 5.95. The van der Waals surface area contributed by atoms with E-state index in [0.717, 1.165) is 19.5 Å². The molecular formula is C13H16N2O3. The standard InChI is InChI=1S/C13H16N2O3/c1-13(2)5-6-15(8-13)11(16)9-3-4-10(12(17)18)14-7-9/h3-4,7H,5-6,8H2,1-2H3,(H,17,18). The van der Waals surface area contributed by atoms with E-state index in [2.05, 4.69) is 18.8 Å². The summed E-state index contributed by atoms with van der Waals surface area (Å²) in [6, 6.07) is 2.88. The molecule has 1 aromatic rings. The average Bonchev–Trinajstić information content (AvgIpc) is 2.69. The van der Waals surface area contributed by atoms with Crippen LogP contribution >= 0.6 is 0 Å². The van der Waals surface area contributed by atoms with Gasteiger partial charge in [0.1, 0.15) is 5.69 Å². The zero-order valence-electron chi connectivity index (χ0n) is 10.5. The van der Waals surface area contributed by atoms with E-state index in [0.29, 0.717) is 5.56 Å². The van der Waals surface area contributed by atoms with E-state index in [1.807, 2.05) is 0 Å². The molecule has 1 aliphatic rings. The second kappa shape index (κ2) is 4.40. The van der Waals surface area contributed by atoms with Crippen LogP contribution in [0, 0.1) is 5.41 Å². The van der Waals surface area contributed by atoms with Crippen molar-refractivity contribution in [2.75, 3.05) is 13.1 Å². The number of carboxylic acids is 1. The summed E-state index contributed by atoms with van der Waals surface area (Å²) in [5.74, 6) is -1.17. The van der Waals surface area contributed by atoms with E-state index in [1.165, 1.54) is 18.3 Å². The number of rotatable bonds is 2. The molecule has 1 saturated heterocycles. The number of carboxylic acid groups (broad SMARTS) is 1. The summed E-state index contributed by atoms with van der Waals surface area (Å²) >= 11 is 0.